The standard InChI is InChI=1S/C12H15NO3S2/c1-18(15,16)12-9-17-7-6-13(12)11-4-2-10(8-14)3-5-11/h2-5,8,12H,6-7,9H2,1H3. The second-order valence-electron chi connectivity index (χ2n) is 4.26. The molecule has 0 spiro atoms. The van der Waals surface area contributed by atoms with Gasteiger partial charge in [0.2, 0.25) is 0 Å². The summed E-state index contributed by atoms with van der Waals surface area (Å²) in [5.41, 5.74) is 1.46. The van der Waals surface area contributed by atoms with E-state index >= 15 is 0 Å². The van der Waals surface area contributed by atoms with Crippen LogP contribution in [-0.4, -0.2) is 44.4 Å². The third kappa shape index (κ3) is 2.87. The zero-order valence-corrected chi connectivity index (χ0v) is 11.7. The molecule has 1 aromatic rings. The number of rotatable bonds is 3. The van der Waals surface area contributed by atoms with Crippen molar-refractivity contribution in [2.45, 2.75) is 5.37 Å². The SMILES string of the molecule is CS(=O)(=O)C1CSCCN1c1ccc(C=O)cc1. The van der Waals surface area contributed by atoms with Crippen LogP contribution in [-0.2, 0) is 9.84 Å². The van der Waals surface area contributed by atoms with Crippen LogP contribution in [0.3, 0.4) is 0 Å². The van der Waals surface area contributed by atoms with Gasteiger partial charge in [0.25, 0.3) is 0 Å². The third-order valence-electron chi connectivity index (χ3n) is 2.94. The Labute approximate surface area is 111 Å². The van der Waals surface area contributed by atoms with Gasteiger partial charge in [-0.25, -0.2) is 8.42 Å². The zero-order chi connectivity index (χ0) is 13.2. The summed E-state index contributed by atoms with van der Waals surface area (Å²) in [5.74, 6) is 1.51. The molecule has 1 aliphatic rings. The van der Waals surface area contributed by atoms with Gasteiger partial charge in [-0.2, -0.15) is 11.8 Å². The smallest absolute Gasteiger partial charge is 0.169 e. The van der Waals surface area contributed by atoms with Crippen molar-refractivity contribution in [3.63, 3.8) is 0 Å². The van der Waals surface area contributed by atoms with E-state index < -0.39 is 15.2 Å². The van der Waals surface area contributed by atoms with Gasteiger partial charge < -0.3 is 4.90 Å². The number of hydrogen-bond donors (Lipinski definition) is 0. The van der Waals surface area contributed by atoms with E-state index in [1.807, 2.05) is 4.90 Å². The van der Waals surface area contributed by atoms with Crippen LogP contribution >= 0.6 is 11.8 Å². The molecular formula is C12H15NO3S2. The van der Waals surface area contributed by atoms with Gasteiger partial charge in [0.15, 0.2) is 9.84 Å². The van der Waals surface area contributed by atoms with E-state index in [4.69, 9.17) is 0 Å². The Morgan fingerprint density at radius 1 is 1.33 bits per heavy atom. The molecular weight excluding hydrogens is 270 g/mol. The maximum atomic E-state index is 11.8. The van der Waals surface area contributed by atoms with E-state index in [1.165, 1.54) is 6.26 Å². The van der Waals surface area contributed by atoms with Crippen molar-refractivity contribution in [1.82, 2.24) is 0 Å². The van der Waals surface area contributed by atoms with Gasteiger partial charge in [-0.05, 0) is 24.3 Å². The van der Waals surface area contributed by atoms with Crippen LogP contribution in [0.5, 0.6) is 0 Å². The molecule has 4 nitrogen and oxygen atoms in total. The summed E-state index contributed by atoms with van der Waals surface area (Å²) in [6.45, 7) is 0.711. The van der Waals surface area contributed by atoms with Gasteiger partial charge in [-0.1, -0.05) is 0 Å². The molecule has 6 heteroatoms. The normalized spacial score (nSPS) is 20.7. The predicted molar refractivity (Wildman–Crippen MR) is 75.1 cm³/mol. The van der Waals surface area contributed by atoms with Crippen molar-refractivity contribution in [3.8, 4) is 0 Å². The van der Waals surface area contributed by atoms with Crippen molar-refractivity contribution < 1.29 is 13.2 Å². The van der Waals surface area contributed by atoms with Crippen LogP contribution < -0.4 is 4.90 Å². The van der Waals surface area contributed by atoms with E-state index in [2.05, 4.69) is 0 Å². The van der Waals surface area contributed by atoms with Crippen molar-refractivity contribution in [2.24, 2.45) is 0 Å². The lowest BCUT2D eigenvalue weighted by Gasteiger charge is -2.35. The second kappa shape index (κ2) is 5.32. The minimum Gasteiger partial charge on any atom is -0.353 e. The molecule has 0 bridgehead atoms. The number of aldehydes is 1. The summed E-state index contributed by atoms with van der Waals surface area (Å²) >= 11 is 1.66. The summed E-state index contributed by atoms with van der Waals surface area (Å²) in [6.07, 6.45) is 2.06. The molecule has 0 aliphatic carbocycles. The summed E-state index contributed by atoms with van der Waals surface area (Å²) in [7, 11) is -3.10. The summed E-state index contributed by atoms with van der Waals surface area (Å²) < 4.78 is 23.6. The fourth-order valence-electron chi connectivity index (χ4n) is 1.98. The average Bonchev–Trinajstić information content (AvgIpc) is 2.38. The molecule has 1 atom stereocenters. The van der Waals surface area contributed by atoms with Crippen LogP contribution in [0.4, 0.5) is 5.69 Å². The number of nitrogens with zero attached hydrogens (tertiary/aromatic N) is 1. The highest BCUT2D eigenvalue weighted by atomic mass is 32.2. The van der Waals surface area contributed by atoms with Crippen molar-refractivity contribution in [1.29, 1.82) is 0 Å². The van der Waals surface area contributed by atoms with Crippen LogP contribution in [0.25, 0.3) is 0 Å². The molecule has 1 heterocycles. The van der Waals surface area contributed by atoms with E-state index in [1.54, 1.807) is 36.0 Å². The highest BCUT2D eigenvalue weighted by Crippen LogP contribution is 2.26. The fourth-order valence-corrected chi connectivity index (χ4v) is 4.82. The largest absolute Gasteiger partial charge is 0.353 e. The summed E-state index contributed by atoms with van der Waals surface area (Å²) in [5, 5.41) is -0.474. The Morgan fingerprint density at radius 2 is 2.00 bits per heavy atom. The van der Waals surface area contributed by atoms with Crippen LogP contribution in [0.15, 0.2) is 24.3 Å². The minimum atomic E-state index is -3.10. The lowest BCUT2D eigenvalue weighted by Crippen LogP contribution is -2.47. The first-order chi connectivity index (χ1) is 8.52. The highest BCUT2D eigenvalue weighted by molar-refractivity contribution is 8.01. The molecule has 18 heavy (non-hydrogen) atoms. The van der Waals surface area contributed by atoms with Gasteiger partial charge in [0.05, 0.1) is 0 Å². The van der Waals surface area contributed by atoms with E-state index in [0.29, 0.717) is 17.9 Å². The Kier molecular flexibility index (Phi) is 3.97. The molecule has 1 fully saturated rings. The van der Waals surface area contributed by atoms with Crippen LogP contribution in [0.2, 0.25) is 0 Å². The van der Waals surface area contributed by atoms with Gasteiger partial charge in [0, 0.05) is 35.6 Å². The molecule has 1 unspecified atom stereocenters. The summed E-state index contributed by atoms with van der Waals surface area (Å²) in [4.78, 5) is 12.5. The maximum absolute atomic E-state index is 11.8. The molecule has 98 valence electrons. The first kappa shape index (κ1) is 13.4. The molecule has 1 saturated heterocycles. The van der Waals surface area contributed by atoms with Crippen LogP contribution in [0, 0.1) is 0 Å². The third-order valence-corrected chi connectivity index (χ3v) is 5.58. The first-order valence-corrected chi connectivity index (χ1v) is 8.72. The average molecular weight is 285 g/mol. The number of benzene rings is 1. The monoisotopic (exact) mass is 285 g/mol. The number of sulfone groups is 1. The van der Waals surface area contributed by atoms with E-state index in [0.717, 1.165) is 17.7 Å². The van der Waals surface area contributed by atoms with Crippen molar-refractivity contribution in [2.75, 3.05) is 29.2 Å². The second-order valence-corrected chi connectivity index (χ2v) is 7.61. The van der Waals surface area contributed by atoms with E-state index in [-0.39, 0.29) is 0 Å². The lowest BCUT2D eigenvalue weighted by molar-refractivity contribution is 0.112. The molecule has 0 radical (unpaired) electrons. The van der Waals surface area contributed by atoms with Crippen molar-refractivity contribution in [3.05, 3.63) is 29.8 Å². The Hall–Kier alpha value is -1.01. The topological polar surface area (TPSA) is 54.5 Å². The van der Waals surface area contributed by atoms with Crippen LogP contribution in [0.1, 0.15) is 10.4 Å². The number of hydrogen-bond acceptors (Lipinski definition) is 5. The molecule has 1 aromatic carbocycles. The number of carbonyl (C=O) groups is 1. The van der Waals surface area contributed by atoms with Gasteiger partial charge in [-0.15, -0.1) is 0 Å². The quantitative estimate of drug-likeness (QED) is 0.786. The molecule has 0 saturated carbocycles. The molecule has 0 aromatic heterocycles. The minimum absolute atomic E-state index is 0.474. The number of thioether (sulfide) groups is 1. The van der Waals surface area contributed by atoms with Gasteiger partial charge in [-0.3, -0.25) is 4.79 Å². The number of carbonyl (C=O) groups excluding carboxylic acids is 1. The first-order valence-electron chi connectivity index (χ1n) is 5.61. The van der Waals surface area contributed by atoms with Crippen molar-refractivity contribution >= 4 is 33.6 Å². The predicted octanol–water partition coefficient (Wildman–Crippen LogP) is 1.42. The highest BCUT2D eigenvalue weighted by Gasteiger charge is 2.30. The molecule has 0 amide bonds. The summed E-state index contributed by atoms with van der Waals surface area (Å²) in [6, 6.07) is 7.03. The van der Waals surface area contributed by atoms with E-state index in [9.17, 15) is 13.2 Å². The maximum Gasteiger partial charge on any atom is 0.169 e. The fraction of sp³-hybridized carbons (Fsp3) is 0.417. The zero-order valence-electron chi connectivity index (χ0n) is 10.1. The lowest BCUT2D eigenvalue weighted by atomic mass is 10.2. The Morgan fingerprint density at radius 3 is 2.56 bits per heavy atom. The Balaban J connectivity index is 2.30. The molecule has 1 aliphatic heterocycles. The van der Waals surface area contributed by atoms with Gasteiger partial charge in [0.1, 0.15) is 11.7 Å². The van der Waals surface area contributed by atoms with Gasteiger partial charge >= 0.3 is 0 Å². The molecule has 2 rings (SSSR count). The Bertz CT molecular complexity index is 525. The number of anilines is 1. The molecule has 0 N–H and O–H groups in total.